The zero-order chi connectivity index (χ0) is 14.0. The monoisotopic (exact) mass is 270 g/mol. The van der Waals surface area contributed by atoms with Gasteiger partial charge in [0.25, 0.3) is 0 Å². The lowest BCUT2D eigenvalue weighted by Crippen LogP contribution is -1.73. The molecular weight excluding hydrogens is 256 g/mol. The number of nitrogens with one attached hydrogen (secondary N) is 2. The van der Waals surface area contributed by atoms with Crippen LogP contribution in [0.25, 0.3) is 43.6 Å². The zero-order valence-corrected chi connectivity index (χ0v) is 11.7. The third-order valence-electron chi connectivity index (χ3n) is 4.40. The van der Waals surface area contributed by atoms with Crippen LogP contribution in [-0.2, 0) is 0 Å². The van der Waals surface area contributed by atoms with Gasteiger partial charge in [-0.2, -0.15) is 0 Å². The van der Waals surface area contributed by atoms with Crippen molar-refractivity contribution in [1.29, 1.82) is 0 Å². The molecule has 2 aromatic heterocycles. The highest BCUT2D eigenvalue weighted by Gasteiger charge is 2.11. The number of aromatic nitrogens is 2. The predicted octanol–water partition coefficient (Wildman–Crippen LogP) is 5.26. The highest BCUT2D eigenvalue weighted by atomic mass is 14.7. The van der Waals surface area contributed by atoms with E-state index in [1.165, 1.54) is 49.2 Å². The molecule has 5 aromatic rings. The second-order valence-electron chi connectivity index (χ2n) is 5.76. The van der Waals surface area contributed by atoms with Crippen molar-refractivity contribution in [2.75, 3.05) is 0 Å². The summed E-state index contributed by atoms with van der Waals surface area (Å²) in [5, 5.41) is 5.17. The SMILES string of the molecule is Cc1ccc2[nH]c3ccc4c5ccccc5[nH]c4c3c2c1. The van der Waals surface area contributed by atoms with Crippen LogP contribution in [0.2, 0.25) is 0 Å². The first-order chi connectivity index (χ1) is 10.3. The number of para-hydroxylation sites is 1. The summed E-state index contributed by atoms with van der Waals surface area (Å²) in [4.78, 5) is 7.12. The van der Waals surface area contributed by atoms with Gasteiger partial charge in [-0.05, 0) is 31.2 Å². The molecule has 0 aliphatic carbocycles. The third kappa shape index (κ3) is 1.37. The fourth-order valence-electron chi connectivity index (χ4n) is 3.42. The van der Waals surface area contributed by atoms with Crippen LogP contribution in [-0.4, -0.2) is 9.97 Å². The topological polar surface area (TPSA) is 31.6 Å². The fourth-order valence-corrected chi connectivity index (χ4v) is 3.42. The summed E-state index contributed by atoms with van der Waals surface area (Å²) >= 11 is 0. The first kappa shape index (κ1) is 11.0. The molecule has 0 fully saturated rings. The maximum Gasteiger partial charge on any atom is 0.0566 e. The number of hydrogen-bond donors (Lipinski definition) is 2. The van der Waals surface area contributed by atoms with Gasteiger partial charge in [0.2, 0.25) is 0 Å². The van der Waals surface area contributed by atoms with Crippen molar-refractivity contribution in [3.63, 3.8) is 0 Å². The van der Waals surface area contributed by atoms with Crippen molar-refractivity contribution in [1.82, 2.24) is 9.97 Å². The number of aromatic amines is 2. The van der Waals surface area contributed by atoms with Gasteiger partial charge in [0.15, 0.2) is 0 Å². The van der Waals surface area contributed by atoms with Crippen molar-refractivity contribution in [3.8, 4) is 0 Å². The van der Waals surface area contributed by atoms with E-state index in [2.05, 4.69) is 71.5 Å². The first-order valence-electron chi connectivity index (χ1n) is 7.23. The quantitative estimate of drug-likeness (QED) is 0.384. The molecule has 0 atom stereocenters. The summed E-state index contributed by atoms with van der Waals surface area (Å²) in [7, 11) is 0. The number of aryl methyl sites for hydroxylation is 1. The van der Waals surface area contributed by atoms with Gasteiger partial charge in [0.05, 0.1) is 5.52 Å². The normalized spacial score (nSPS) is 12.0. The summed E-state index contributed by atoms with van der Waals surface area (Å²) in [6.45, 7) is 2.14. The second kappa shape index (κ2) is 3.67. The molecule has 0 bridgehead atoms. The molecule has 5 rings (SSSR count). The lowest BCUT2D eigenvalue weighted by molar-refractivity contribution is 1.49. The molecule has 2 nitrogen and oxygen atoms in total. The van der Waals surface area contributed by atoms with Crippen LogP contribution in [0, 0.1) is 6.92 Å². The highest BCUT2D eigenvalue weighted by molar-refractivity contribution is 6.24. The number of H-pyrrole nitrogens is 2. The van der Waals surface area contributed by atoms with Crippen LogP contribution in [0.15, 0.2) is 54.6 Å². The molecule has 2 heteroatoms. The maximum absolute atomic E-state index is 3.60. The maximum atomic E-state index is 3.60. The van der Waals surface area contributed by atoms with E-state index < -0.39 is 0 Å². The minimum absolute atomic E-state index is 1.19. The van der Waals surface area contributed by atoms with Crippen LogP contribution in [0.4, 0.5) is 0 Å². The van der Waals surface area contributed by atoms with Crippen molar-refractivity contribution in [2.24, 2.45) is 0 Å². The summed E-state index contributed by atoms with van der Waals surface area (Å²) < 4.78 is 0. The van der Waals surface area contributed by atoms with Crippen LogP contribution >= 0.6 is 0 Å². The van der Waals surface area contributed by atoms with Gasteiger partial charge in [0, 0.05) is 38.1 Å². The number of rotatable bonds is 0. The summed E-state index contributed by atoms with van der Waals surface area (Å²) in [6, 6.07) is 19.5. The molecule has 0 spiro atoms. The lowest BCUT2D eigenvalue weighted by Gasteiger charge is -1.96. The smallest absolute Gasteiger partial charge is 0.0566 e. The Bertz CT molecular complexity index is 1140. The molecule has 21 heavy (non-hydrogen) atoms. The molecule has 0 radical (unpaired) electrons. The minimum Gasteiger partial charge on any atom is -0.354 e. The summed E-state index contributed by atoms with van der Waals surface area (Å²) in [5.41, 5.74) is 6.10. The van der Waals surface area contributed by atoms with E-state index in [1.807, 2.05) is 0 Å². The number of fused-ring (bicyclic) bond motifs is 7. The Balaban J connectivity index is 2.11. The molecule has 100 valence electrons. The van der Waals surface area contributed by atoms with E-state index in [-0.39, 0.29) is 0 Å². The number of benzene rings is 3. The second-order valence-corrected chi connectivity index (χ2v) is 5.76. The van der Waals surface area contributed by atoms with E-state index in [9.17, 15) is 0 Å². The molecular formula is C19H14N2. The molecule has 0 aliphatic rings. The van der Waals surface area contributed by atoms with Gasteiger partial charge in [0.1, 0.15) is 0 Å². The van der Waals surface area contributed by atoms with E-state index in [0.29, 0.717) is 0 Å². The average Bonchev–Trinajstić information content (AvgIpc) is 3.04. The fraction of sp³-hybridized carbons (Fsp3) is 0.0526. The van der Waals surface area contributed by atoms with Gasteiger partial charge >= 0.3 is 0 Å². The number of hydrogen-bond acceptors (Lipinski definition) is 0. The summed E-state index contributed by atoms with van der Waals surface area (Å²) in [6.07, 6.45) is 0. The zero-order valence-electron chi connectivity index (χ0n) is 11.7. The van der Waals surface area contributed by atoms with E-state index in [4.69, 9.17) is 0 Å². The standard InChI is InChI=1S/C19H14N2/c1-11-6-8-16-14(10-11)18-17(20-16)9-7-13-12-4-2-3-5-15(12)21-19(13)18/h2-10,20-21H,1H3. The van der Waals surface area contributed by atoms with Crippen molar-refractivity contribution < 1.29 is 0 Å². The molecule has 0 saturated carbocycles. The molecule has 0 unspecified atom stereocenters. The van der Waals surface area contributed by atoms with Crippen LogP contribution in [0.3, 0.4) is 0 Å². The van der Waals surface area contributed by atoms with E-state index in [1.54, 1.807) is 0 Å². The molecule has 0 aliphatic heterocycles. The van der Waals surface area contributed by atoms with Gasteiger partial charge in [-0.1, -0.05) is 35.9 Å². The van der Waals surface area contributed by atoms with Crippen LogP contribution < -0.4 is 0 Å². The Morgan fingerprint density at radius 3 is 2.43 bits per heavy atom. The van der Waals surface area contributed by atoms with Crippen LogP contribution in [0.1, 0.15) is 5.56 Å². The lowest BCUT2D eigenvalue weighted by atomic mass is 10.1. The molecule has 3 aromatic carbocycles. The van der Waals surface area contributed by atoms with E-state index in [0.717, 1.165) is 0 Å². The van der Waals surface area contributed by atoms with Gasteiger partial charge < -0.3 is 9.97 Å². The highest BCUT2D eigenvalue weighted by Crippen LogP contribution is 2.35. The Kier molecular flexibility index (Phi) is 1.92. The molecule has 0 amide bonds. The minimum atomic E-state index is 1.19. The summed E-state index contributed by atoms with van der Waals surface area (Å²) in [5.74, 6) is 0. The molecule has 2 heterocycles. The molecule has 2 N–H and O–H groups in total. The average molecular weight is 270 g/mol. The Labute approximate surface area is 121 Å². The van der Waals surface area contributed by atoms with Crippen molar-refractivity contribution in [2.45, 2.75) is 6.92 Å². The Morgan fingerprint density at radius 1 is 0.667 bits per heavy atom. The largest absolute Gasteiger partial charge is 0.354 e. The van der Waals surface area contributed by atoms with Crippen LogP contribution in [0.5, 0.6) is 0 Å². The Morgan fingerprint density at radius 2 is 1.48 bits per heavy atom. The molecule has 0 saturated heterocycles. The predicted molar refractivity (Wildman–Crippen MR) is 89.9 cm³/mol. The van der Waals surface area contributed by atoms with Gasteiger partial charge in [-0.25, -0.2) is 0 Å². The van der Waals surface area contributed by atoms with Gasteiger partial charge in [-0.15, -0.1) is 0 Å². The first-order valence-corrected chi connectivity index (χ1v) is 7.23. The Hall–Kier alpha value is -2.74. The van der Waals surface area contributed by atoms with E-state index >= 15 is 0 Å². The van der Waals surface area contributed by atoms with Crippen molar-refractivity contribution in [3.05, 3.63) is 60.2 Å². The van der Waals surface area contributed by atoms with Crippen molar-refractivity contribution >= 4 is 43.6 Å². The third-order valence-corrected chi connectivity index (χ3v) is 4.40. The van der Waals surface area contributed by atoms with Gasteiger partial charge in [-0.3, -0.25) is 0 Å².